The van der Waals surface area contributed by atoms with Gasteiger partial charge in [0, 0.05) is 48.8 Å². The highest BCUT2D eigenvalue weighted by Crippen LogP contribution is 1.95. The van der Waals surface area contributed by atoms with E-state index >= 15 is 0 Å². The van der Waals surface area contributed by atoms with Crippen LogP contribution in [0.4, 0.5) is 0 Å². The van der Waals surface area contributed by atoms with Crippen molar-refractivity contribution < 1.29 is 43.2 Å². The molecule has 0 unspecified atom stereocenters. The third kappa shape index (κ3) is 20.4. The fraction of sp³-hybridized carbons (Fsp3) is 0.679. The average Bonchev–Trinajstić information content (AvgIpc) is 2.99. The largest absolute Gasteiger partial charge is 0.355 e. The zero-order chi connectivity index (χ0) is 35.8. The number of rotatable bonds is 20. The van der Waals surface area contributed by atoms with Crippen LogP contribution in [-0.4, -0.2) is 191 Å². The molecule has 0 bridgehead atoms. The molecular formula is C28H51N9O9. The van der Waals surface area contributed by atoms with Crippen molar-refractivity contribution in [1.29, 1.82) is 0 Å². The van der Waals surface area contributed by atoms with Gasteiger partial charge in [-0.2, -0.15) is 0 Å². The van der Waals surface area contributed by atoms with Crippen LogP contribution in [0.15, 0.2) is 0 Å². The summed E-state index contributed by atoms with van der Waals surface area (Å²) in [6.45, 7) is 4.24. The van der Waals surface area contributed by atoms with E-state index in [0.29, 0.717) is 19.2 Å². The Kier molecular flexibility index (Phi) is 23.3. The minimum absolute atomic E-state index is 0.0593. The molecule has 0 heterocycles. The van der Waals surface area contributed by atoms with Crippen molar-refractivity contribution in [3.8, 4) is 0 Å². The Bertz CT molecular complexity index is 1040. The van der Waals surface area contributed by atoms with Crippen molar-refractivity contribution in [2.75, 3.05) is 108 Å². The lowest BCUT2D eigenvalue weighted by molar-refractivity contribution is -0.142. The molecule has 0 aromatic carbocycles. The van der Waals surface area contributed by atoms with E-state index in [1.165, 1.54) is 54.8 Å². The first kappa shape index (κ1) is 43.5. The van der Waals surface area contributed by atoms with E-state index in [1.807, 2.05) is 6.92 Å². The molecule has 3 N–H and O–H groups in total. The summed E-state index contributed by atoms with van der Waals surface area (Å²) in [7, 11) is 8.84. The number of likely N-dealkylation sites (N-methyl/N-ethyl adjacent to an activating group) is 7. The van der Waals surface area contributed by atoms with E-state index < -0.39 is 17.7 Å². The van der Waals surface area contributed by atoms with E-state index in [1.54, 1.807) is 14.0 Å². The zero-order valence-electron chi connectivity index (χ0n) is 28.3. The van der Waals surface area contributed by atoms with Gasteiger partial charge in [0.2, 0.25) is 47.8 Å². The van der Waals surface area contributed by atoms with Crippen LogP contribution in [0.5, 0.6) is 0 Å². The van der Waals surface area contributed by atoms with Crippen molar-refractivity contribution in [1.82, 2.24) is 45.3 Å². The third-order valence-electron chi connectivity index (χ3n) is 6.03. The van der Waals surface area contributed by atoms with E-state index in [4.69, 9.17) is 0 Å². The summed E-state index contributed by atoms with van der Waals surface area (Å²) in [4.78, 5) is 110. The third-order valence-corrected chi connectivity index (χ3v) is 6.03. The molecule has 0 saturated carbocycles. The maximum absolute atomic E-state index is 12.1. The molecular weight excluding hydrogens is 606 g/mol. The molecule has 18 heteroatoms. The van der Waals surface area contributed by atoms with Gasteiger partial charge in [-0.25, -0.2) is 0 Å². The van der Waals surface area contributed by atoms with Gasteiger partial charge >= 0.3 is 0 Å². The number of amides is 8. The quantitative estimate of drug-likeness (QED) is 0.0849. The van der Waals surface area contributed by atoms with Crippen LogP contribution in [0.3, 0.4) is 0 Å². The Labute approximate surface area is 270 Å². The zero-order valence-corrected chi connectivity index (χ0v) is 28.3. The number of aldehydes is 1. The van der Waals surface area contributed by atoms with Crippen LogP contribution in [0.2, 0.25) is 0 Å². The molecule has 0 atom stereocenters. The van der Waals surface area contributed by atoms with Gasteiger partial charge in [0.1, 0.15) is 6.29 Å². The highest BCUT2D eigenvalue weighted by Gasteiger charge is 2.21. The predicted octanol–water partition coefficient (Wildman–Crippen LogP) is -4.20. The minimum atomic E-state index is -0.465. The number of hydrogen-bond donors (Lipinski definition) is 3. The summed E-state index contributed by atoms with van der Waals surface area (Å²) < 4.78 is 0. The average molecular weight is 658 g/mol. The molecule has 0 fully saturated rings. The first-order valence-electron chi connectivity index (χ1n) is 14.6. The van der Waals surface area contributed by atoms with Crippen LogP contribution >= 0.6 is 0 Å². The van der Waals surface area contributed by atoms with Crippen molar-refractivity contribution in [3.05, 3.63) is 0 Å². The van der Waals surface area contributed by atoms with Gasteiger partial charge in [-0.1, -0.05) is 6.92 Å². The first-order chi connectivity index (χ1) is 21.5. The lowest BCUT2D eigenvalue weighted by atomic mass is 10.4. The summed E-state index contributed by atoms with van der Waals surface area (Å²) >= 11 is 0. The number of nitrogens with zero attached hydrogens (tertiary/aromatic N) is 6. The van der Waals surface area contributed by atoms with Gasteiger partial charge in [-0.15, -0.1) is 0 Å². The lowest BCUT2D eigenvalue weighted by Crippen LogP contribution is -2.47. The second kappa shape index (κ2) is 24.7. The molecule has 0 spiro atoms. The smallest absolute Gasteiger partial charge is 0.242 e. The second-order valence-electron chi connectivity index (χ2n) is 10.4. The first-order valence-corrected chi connectivity index (χ1v) is 14.6. The van der Waals surface area contributed by atoms with Gasteiger partial charge < -0.3 is 50.1 Å². The van der Waals surface area contributed by atoms with Gasteiger partial charge in [0.05, 0.1) is 52.4 Å². The second-order valence-corrected chi connectivity index (χ2v) is 10.4. The molecule has 0 aromatic heterocycles. The summed E-state index contributed by atoms with van der Waals surface area (Å²) in [6.07, 6.45) is 1.97. The van der Waals surface area contributed by atoms with Gasteiger partial charge in [0.15, 0.2) is 0 Å². The summed E-state index contributed by atoms with van der Waals surface area (Å²) in [5.41, 5.74) is 0. The maximum Gasteiger partial charge on any atom is 0.242 e. The van der Waals surface area contributed by atoms with Crippen LogP contribution in [0.1, 0.15) is 20.3 Å². The highest BCUT2D eigenvalue weighted by atomic mass is 16.2. The van der Waals surface area contributed by atoms with E-state index in [9.17, 15) is 43.2 Å². The molecule has 262 valence electrons. The summed E-state index contributed by atoms with van der Waals surface area (Å²) in [5, 5.41) is 7.88. The van der Waals surface area contributed by atoms with E-state index in [0.717, 1.165) is 22.8 Å². The molecule has 8 amide bonds. The Morgan fingerprint density at radius 1 is 0.543 bits per heavy atom. The molecule has 0 aromatic rings. The van der Waals surface area contributed by atoms with Crippen LogP contribution < -0.4 is 16.0 Å². The van der Waals surface area contributed by atoms with Crippen LogP contribution in [-0.2, 0) is 43.2 Å². The Morgan fingerprint density at radius 2 is 0.935 bits per heavy atom. The van der Waals surface area contributed by atoms with Crippen LogP contribution in [0, 0.1) is 0 Å². The molecule has 18 nitrogen and oxygen atoms in total. The monoisotopic (exact) mass is 657 g/mol. The van der Waals surface area contributed by atoms with E-state index in [-0.39, 0.29) is 76.0 Å². The lowest BCUT2D eigenvalue weighted by Gasteiger charge is -2.24. The Balaban J connectivity index is 0. The minimum Gasteiger partial charge on any atom is -0.355 e. The molecule has 0 rings (SSSR count). The number of carbonyl (C=O) groups excluding carboxylic acids is 9. The number of carbonyl (C=O) groups is 9. The van der Waals surface area contributed by atoms with Gasteiger partial charge in [0.25, 0.3) is 0 Å². The number of nitrogens with one attached hydrogen (secondary N) is 3. The molecule has 46 heavy (non-hydrogen) atoms. The topological polar surface area (TPSA) is 209 Å². The summed E-state index contributed by atoms with van der Waals surface area (Å²) in [6, 6.07) is 0. The molecule has 0 aliphatic heterocycles. The summed E-state index contributed by atoms with van der Waals surface area (Å²) in [5.74, 6) is -2.41. The van der Waals surface area contributed by atoms with Crippen molar-refractivity contribution in [2.45, 2.75) is 20.3 Å². The Hall–Kier alpha value is -4.61. The molecule has 0 saturated heterocycles. The van der Waals surface area contributed by atoms with Gasteiger partial charge in [-0.05, 0) is 19.9 Å². The molecule has 0 aliphatic rings. The standard InChI is InChI=1S/C16H31N5O4.C12H20N4O5/c1-6-8-17-9-14(23)20(4)11-16(25)21(5)12-15(24)19(3)10-13(22)18-7-2;1-14(9-18)7-11(20)16(3)8-12(21)15(2)6-10(19)13-4-5-17/h17H,6-12H2,1-5H3,(H,18,22);5,9H,4,6-8H2,1-3H3,(H,13,19). The molecule has 0 aliphatic carbocycles. The maximum atomic E-state index is 12.1. The molecule has 0 radical (unpaired) electrons. The number of hydrogen-bond acceptors (Lipinski definition) is 10. The predicted molar refractivity (Wildman–Crippen MR) is 168 cm³/mol. The van der Waals surface area contributed by atoms with E-state index in [2.05, 4.69) is 16.0 Å². The fourth-order valence-corrected chi connectivity index (χ4v) is 3.19. The Morgan fingerprint density at radius 3 is 1.33 bits per heavy atom. The normalized spacial score (nSPS) is 9.83. The highest BCUT2D eigenvalue weighted by molar-refractivity contribution is 5.90. The fourth-order valence-electron chi connectivity index (χ4n) is 3.19. The SMILES string of the molecule is CCCNCC(=O)N(C)CC(=O)N(C)CC(=O)N(C)CC(=O)NCC.CN(C=O)CC(=O)N(C)CC(=O)N(C)CC(=O)NCC=O. The van der Waals surface area contributed by atoms with Crippen molar-refractivity contribution in [3.63, 3.8) is 0 Å². The van der Waals surface area contributed by atoms with Crippen molar-refractivity contribution in [2.24, 2.45) is 0 Å². The van der Waals surface area contributed by atoms with Crippen LogP contribution in [0.25, 0.3) is 0 Å². The van der Waals surface area contributed by atoms with Gasteiger partial charge in [-0.3, -0.25) is 38.4 Å². The van der Waals surface area contributed by atoms with Crippen molar-refractivity contribution >= 4 is 54.0 Å².